The predicted molar refractivity (Wildman–Crippen MR) is 116 cm³/mol. The summed E-state index contributed by atoms with van der Waals surface area (Å²) < 4.78 is 5.59. The highest BCUT2D eigenvalue weighted by Gasteiger charge is 2.03. The van der Waals surface area contributed by atoms with Crippen molar-refractivity contribution in [2.75, 3.05) is 13.7 Å². The number of allylic oxidation sites excluding steroid dienone is 2. The summed E-state index contributed by atoms with van der Waals surface area (Å²) in [7, 11) is 1.90. The lowest BCUT2D eigenvalue weighted by Gasteiger charge is -2.10. The van der Waals surface area contributed by atoms with Crippen LogP contribution in [0, 0.1) is 0 Å². The van der Waals surface area contributed by atoms with Crippen LogP contribution >= 0.6 is 0 Å². The van der Waals surface area contributed by atoms with Crippen molar-refractivity contribution in [3.63, 3.8) is 0 Å². The van der Waals surface area contributed by atoms with E-state index in [1.54, 1.807) is 0 Å². The summed E-state index contributed by atoms with van der Waals surface area (Å²) in [4.78, 5) is 13.6. The highest BCUT2D eigenvalue weighted by atomic mass is 16.5. The van der Waals surface area contributed by atoms with Crippen molar-refractivity contribution in [1.82, 2.24) is 0 Å². The summed E-state index contributed by atoms with van der Waals surface area (Å²) in [5.74, 6) is 1.26. The van der Waals surface area contributed by atoms with E-state index in [0.717, 1.165) is 12.4 Å². The van der Waals surface area contributed by atoms with Crippen LogP contribution in [-0.2, 0) is 9.53 Å². The Morgan fingerprint density at radius 3 is 1.81 bits per heavy atom. The Morgan fingerprint density at radius 2 is 1.38 bits per heavy atom. The third-order valence-corrected chi connectivity index (χ3v) is 4.27. The Bertz CT molecular complexity index is 381. The number of Topliss-reactive ketones (excluding diaryl/α,β-unsaturated/α-hetero) is 1. The summed E-state index contributed by atoms with van der Waals surface area (Å²) >= 11 is 0. The van der Waals surface area contributed by atoms with Crippen LogP contribution in [-0.4, -0.2) is 25.1 Å². The van der Waals surface area contributed by atoms with Gasteiger partial charge in [0, 0.05) is 12.8 Å². The Balaban J connectivity index is 0. The van der Waals surface area contributed by atoms with E-state index >= 15 is 0 Å². The Kier molecular flexibility index (Phi) is 21.1. The highest BCUT2D eigenvalue weighted by Crippen LogP contribution is 2.13. The molecule has 1 saturated carbocycles. The molecule has 1 aliphatic carbocycles. The van der Waals surface area contributed by atoms with Gasteiger partial charge in [-0.05, 0) is 72.3 Å². The van der Waals surface area contributed by atoms with Gasteiger partial charge < -0.3 is 9.53 Å². The lowest BCUT2D eigenvalue weighted by atomic mass is 9.99. The van der Waals surface area contributed by atoms with Crippen molar-refractivity contribution in [1.29, 1.82) is 0 Å². The molecule has 3 nitrogen and oxygen atoms in total. The average molecular weight is 368 g/mol. The number of rotatable bonds is 8. The molecule has 3 heteroatoms. The van der Waals surface area contributed by atoms with Crippen LogP contribution in [0.3, 0.4) is 0 Å². The van der Waals surface area contributed by atoms with E-state index in [2.05, 4.69) is 25.8 Å². The lowest BCUT2D eigenvalue weighted by Crippen LogP contribution is -2.03. The van der Waals surface area contributed by atoms with E-state index in [9.17, 15) is 4.79 Å². The maximum atomic E-state index is 9.44. The van der Waals surface area contributed by atoms with Crippen molar-refractivity contribution < 1.29 is 9.53 Å². The Labute approximate surface area is 163 Å². The maximum Gasteiger partial charge on any atom is 0.126 e. The monoisotopic (exact) mass is 367 g/mol. The Morgan fingerprint density at radius 1 is 0.885 bits per heavy atom. The van der Waals surface area contributed by atoms with E-state index in [1.807, 2.05) is 14.0 Å². The van der Waals surface area contributed by atoms with Gasteiger partial charge >= 0.3 is 0 Å². The minimum absolute atomic E-state index is 0.167. The summed E-state index contributed by atoms with van der Waals surface area (Å²) in [5, 5.41) is 0. The van der Waals surface area contributed by atoms with E-state index < -0.39 is 0 Å². The van der Waals surface area contributed by atoms with Crippen molar-refractivity contribution >= 4 is 11.5 Å². The third kappa shape index (κ3) is 22.9. The highest BCUT2D eigenvalue weighted by molar-refractivity contribution is 5.84. The standard InChI is InChI=1S/C13H26O.C7H13N.C3H6O/c1-5-6-7-8-9-10-11-14-13(4)12(2)3;1-8-7-5-3-2-4-6-7;1-3(2)4/h5-11H2,1-4H3;2-6H2,1H3;1-2H3. The number of hydrogen-bond donors (Lipinski definition) is 0. The molecule has 0 amide bonds. The largest absolute Gasteiger partial charge is 0.498 e. The van der Waals surface area contributed by atoms with E-state index in [4.69, 9.17) is 4.74 Å². The van der Waals surface area contributed by atoms with Crippen molar-refractivity contribution in [2.24, 2.45) is 4.99 Å². The number of carbonyl (C=O) groups is 1. The van der Waals surface area contributed by atoms with Crippen molar-refractivity contribution in [2.45, 2.75) is 112 Å². The van der Waals surface area contributed by atoms with Crippen LogP contribution in [0.4, 0.5) is 0 Å². The van der Waals surface area contributed by atoms with E-state index in [0.29, 0.717) is 0 Å². The number of hydrogen-bond acceptors (Lipinski definition) is 3. The second-order valence-electron chi connectivity index (χ2n) is 7.43. The molecular formula is C23H45NO2. The zero-order valence-corrected chi connectivity index (χ0v) is 18.7. The van der Waals surface area contributed by atoms with Gasteiger partial charge in [0.2, 0.25) is 0 Å². The number of unbranched alkanes of at least 4 members (excludes halogenated alkanes) is 5. The molecule has 0 unspecified atom stereocenters. The van der Waals surface area contributed by atoms with Gasteiger partial charge in [0.25, 0.3) is 0 Å². The summed E-state index contributed by atoms with van der Waals surface area (Å²) in [5.41, 5.74) is 2.72. The molecule has 0 aliphatic heterocycles. The van der Waals surface area contributed by atoms with Crippen LogP contribution < -0.4 is 0 Å². The molecule has 0 aromatic rings. The summed E-state index contributed by atoms with van der Waals surface area (Å²) in [6.07, 6.45) is 14.7. The molecular weight excluding hydrogens is 322 g/mol. The van der Waals surface area contributed by atoms with Crippen LogP contribution in [0.5, 0.6) is 0 Å². The SMILES string of the molecule is CC(C)=O.CCCCCCCCOC(C)=C(C)C.CN=C1CCCCC1. The molecule has 0 aromatic carbocycles. The number of carbonyl (C=O) groups excluding carboxylic acids is 1. The lowest BCUT2D eigenvalue weighted by molar-refractivity contribution is -0.114. The average Bonchev–Trinajstić information content (AvgIpc) is 2.61. The summed E-state index contributed by atoms with van der Waals surface area (Å²) in [6, 6.07) is 0. The van der Waals surface area contributed by atoms with Gasteiger partial charge in [0.1, 0.15) is 5.78 Å². The zero-order chi connectivity index (χ0) is 20.2. The van der Waals surface area contributed by atoms with Gasteiger partial charge in [0.15, 0.2) is 0 Å². The molecule has 1 aliphatic rings. The molecule has 0 bridgehead atoms. The van der Waals surface area contributed by atoms with Gasteiger partial charge in [0.05, 0.1) is 12.4 Å². The number of nitrogens with zero attached hydrogens (tertiary/aromatic N) is 1. The Hall–Kier alpha value is -1.12. The smallest absolute Gasteiger partial charge is 0.126 e. The van der Waals surface area contributed by atoms with Crippen LogP contribution in [0.2, 0.25) is 0 Å². The fourth-order valence-electron chi connectivity index (χ4n) is 2.44. The first-order chi connectivity index (χ1) is 12.3. The minimum Gasteiger partial charge on any atom is -0.498 e. The zero-order valence-electron chi connectivity index (χ0n) is 18.7. The quantitative estimate of drug-likeness (QED) is 0.333. The second kappa shape index (κ2) is 20.2. The third-order valence-electron chi connectivity index (χ3n) is 4.27. The van der Waals surface area contributed by atoms with Crippen LogP contribution in [0.15, 0.2) is 16.3 Å². The first kappa shape index (κ1) is 27.1. The molecule has 0 aromatic heterocycles. The van der Waals surface area contributed by atoms with Gasteiger partial charge in [-0.25, -0.2) is 0 Å². The fourth-order valence-corrected chi connectivity index (χ4v) is 2.44. The molecule has 26 heavy (non-hydrogen) atoms. The van der Waals surface area contributed by atoms with Gasteiger partial charge in [-0.15, -0.1) is 0 Å². The predicted octanol–water partition coefficient (Wildman–Crippen LogP) is 7.29. The molecule has 154 valence electrons. The van der Waals surface area contributed by atoms with Gasteiger partial charge in [-0.2, -0.15) is 0 Å². The molecule has 1 fully saturated rings. The molecule has 0 radical (unpaired) electrons. The van der Waals surface area contributed by atoms with E-state index in [-0.39, 0.29) is 5.78 Å². The minimum atomic E-state index is 0.167. The number of ether oxygens (including phenoxy) is 1. The summed E-state index contributed by atoms with van der Waals surface area (Å²) in [6.45, 7) is 12.4. The van der Waals surface area contributed by atoms with Crippen LogP contribution in [0.1, 0.15) is 112 Å². The maximum absolute atomic E-state index is 9.44. The number of ketones is 1. The van der Waals surface area contributed by atoms with Crippen molar-refractivity contribution in [3.8, 4) is 0 Å². The number of aliphatic imine (C=N–C) groups is 1. The molecule has 0 saturated heterocycles. The first-order valence-electron chi connectivity index (χ1n) is 10.5. The van der Waals surface area contributed by atoms with Crippen molar-refractivity contribution in [3.05, 3.63) is 11.3 Å². The van der Waals surface area contributed by atoms with Gasteiger partial charge in [-0.1, -0.05) is 45.4 Å². The molecule has 0 heterocycles. The molecule has 0 spiro atoms. The molecule has 0 atom stereocenters. The van der Waals surface area contributed by atoms with Gasteiger partial charge in [-0.3, -0.25) is 4.99 Å². The normalized spacial score (nSPS) is 12.8. The van der Waals surface area contributed by atoms with E-state index in [1.165, 1.54) is 95.8 Å². The molecule has 1 rings (SSSR count). The first-order valence-corrected chi connectivity index (χ1v) is 10.5. The fraction of sp³-hybridized carbons (Fsp3) is 0.826. The topological polar surface area (TPSA) is 38.7 Å². The second-order valence-corrected chi connectivity index (χ2v) is 7.43. The van der Waals surface area contributed by atoms with Crippen LogP contribution in [0.25, 0.3) is 0 Å². The molecule has 0 N–H and O–H groups in total.